The molecule has 130 valence electrons. The molecule has 1 unspecified atom stereocenters. The maximum atomic E-state index is 5.60. The molecule has 1 N–H and O–H groups in total. The molecule has 1 aliphatic heterocycles. The standard InChI is InChI=1S/C21H20N4S/c1-2-22-21(26)25-20(14-19(24-25)18-12-5-6-13-23-18)17-11-7-9-15-8-3-4-10-16(15)17/h3-13,20H,2,14H2,1H3,(H,22,26). The number of rotatable bonds is 3. The Hall–Kier alpha value is -2.79. The molecular formula is C21H20N4S. The summed E-state index contributed by atoms with van der Waals surface area (Å²) in [4.78, 5) is 4.47. The minimum Gasteiger partial charge on any atom is -0.361 e. The second kappa shape index (κ2) is 7.22. The van der Waals surface area contributed by atoms with Gasteiger partial charge in [-0.3, -0.25) is 4.98 Å². The van der Waals surface area contributed by atoms with Crippen LogP contribution in [0.5, 0.6) is 0 Å². The lowest BCUT2D eigenvalue weighted by Crippen LogP contribution is -2.36. The molecule has 4 rings (SSSR count). The van der Waals surface area contributed by atoms with E-state index >= 15 is 0 Å². The van der Waals surface area contributed by atoms with Crippen LogP contribution in [-0.4, -0.2) is 27.4 Å². The average molecular weight is 360 g/mol. The third-order valence-electron chi connectivity index (χ3n) is 4.59. The molecule has 0 fully saturated rings. The summed E-state index contributed by atoms with van der Waals surface area (Å²) in [5.74, 6) is 0. The van der Waals surface area contributed by atoms with E-state index in [9.17, 15) is 0 Å². The van der Waals surface area contributed by atoms with Gasteiger partial charge in [-0.05, 0) is 47.6 Å². The van der Waals surface area contributed by atoms with Crippen molar-refractivity contribution in [2.45, 2.75) is 19.4 Å². The minimum atomic E-state index is 0.0599. The van der Waals surface area contributed by atoms with Gasteiger partial charge in [-0.2, -0.15) is 5.10 Å². The number of benzene rings is 2. The fourth-order valence-electron chi connectivity index (χ4n) is 3.40. The molecule has 0 bridgehead atoms. The van der Waals surface area contributed by atoms with E-state index in [-0.39, 0.29) is 6.04 Å². The summed E-state index contributed by atoms with van der Waals surface area (Å²) >= 11 is 5.60. The van der Waals surface area contributed by atoms with Crippen molar-refractivity contribution in [3.8, 4) is 0 Å². The van der Waals surface area contributed by atoms with Crippen LogP contribution in [0.15, 0.2) is 72.0 Å². The summed E-state index contributed by atoms with van der Waals surface area (Å²) in [6.07, 6.45) is 2.58. The summed E-state index contributed by atoms with van der Waals surface area (Å²) in [7, 11) is 0. The molecule has 2 aromatic carbocycles. The number of pyridine rings is 1. The fourth-order valence-corrected chi connectivity index (χ4v) is 3.71. The van der Waals surface area contributed by atoms with Gasteiger partial charge in [-0.15, -0.1) is 0 Å². The lowest BCUT2D eigenvalue weighted by atomic mass is 9.95. The molecular weight excluding hydrogens is 340 g/mol. The number of nitrogens with one attached hydrogen (secondary N) is 1. The number of aromatic nitrogens is 1. The van der Waals surface area contributed by atoms with Crippen molar-refractivity contribution in [1.82, 2.24) is 15.3 Å². The monoisotopic (exact) mass is 360 g/mol. The molecule has 1 atom stereocenters. The van der Waals surface area contributed by atoms with Crippen molar-refractivity contribution in [1.29, 1.82) is 0 Å². The highest BCUT2D eigenvalue weighted by molar-refractivity contribution is 7.80. The zero-order chi connectivity index (χ0) is 17.9. The molecule has 0 aliphatic carbocycles. The second-order valence-corrected chi connectivity index (χ2v) is 6.62. The molecule has 0 spiro atoms. The Labute approximate surface area is 158 Å². The smallest absolute Gasteiger partial charge is 0.190 e. The topological polar surface area (TPSA) is 40.5 Å². The third-order valence-corrected chi connectivity index (χ3v) is 4.92. The maximum absolute atomic E-state index is 5.60. The largest absolute Gasteiger partial charge is 0.361 e. The normalized spacial score (nSPS) is 16.6. The summed E-state index contributed by atoms with van der Waals surface area (Å²) in [5, 5.41) is 13.1. The van der Waals surface area contributed by atoms with Crippen LogP contribution in [-0.2, 0) is 0 Å². The van der Waals surface area contributed by atoms with Crippen LogP contribution >= 0.6 is 12.2 Å². The molecule has 3 aromatic rings. The van der Waals surface area contributed by atoms with Gasteiger partial charge in [-0.25, -0.2) is 5.01 Å². The second-order valence-electron chi connectivity index (χ2n) is 6.23. The van der Waals surface area contributed by atoms with E-state index in [4.69, 9.17) is 17.3 Å². The van der Waals surface area contributed by atoms with Crippen LogP contribution in [0, 0.1) is 0 Å². The van der Waals surface area contributed by atoms with E-state index in [1.807, 2.05) is 30.1 Å². The molecule has 0 saturated heterocycles. The van der Waals surface area contributed by atoms with E-state index in [0.717, 1.165) is 24.4 Å². The first-order chi connectivity index (χ1) is 12.8. The van der Waals surface area contributed by atoms with Crippen LogP contribution in [0.3, 0.4) is 0 Å². The van der Waals surface area contributed by atoms with Crippen molar-refractivity contribution in [3.63, 3.8) is 0 Å². The minimum absolute atomic E-state index is 0.0599. The number of hydrogen-bond donors (Lipinski definition) is 1. The first-order valence-corrected chi connectivity index (χ1v) is 9.22. The van der Waals surface area contributed by atoms with Crippen molar-refractivity contribution >= 4 is 33.8 Å². The fraction of sp³-hybridized carbons (Fsp3) is 0.190. The first kappa shape index (κ1) is 16.7. The zero-order valence-corrected chi connectivity index (χ0v) is 15.4. The number of nitrogens with zero attached hydrogens (tertiary/aromatic N) is 3. The predicted molar refractivity (Wildman–Crippen MR) is 110 cm³/mol. The van der Waals surface area contributed by atoms with Crippen LogP contribution in [0.25, 0.3) is 10.8 Å². The molecule has 4 nitrogen and oxygen atoms in total. The first-order valence-electron chi connectivity index (χ1n) is 8.81. The summed E-state index contributed by atoms with van der Waals surface area (Å²) in [6, 6.07) is 20.8. The van der Waals surface area contributed by atoms with Crippen LogP contribution in [0.4, 0.5) is 0 Å². The van der Waals surface area contributed by atoms with Gasteiger partial charge in [0.1, 0.15) is 0 Å². The average Bonchev–Trinajstić information content (AvgIpc) is 3.14. The van der Waals surface area contributed by atoms with E-state index in [0.29, 0.717) is 5.11 Å². The SMILES string of the molecule is CCNC(=S)N1N=C(c2ccccn2)CC1c1cccc2ccccc12. The lowest BCUT2D eigenvalue weighted by Gasteiger charge is -2.25. The predicted octanol–water partition coefficient (Wildman–Crippen LogP) is 4.28. The maximum Gasteiger partial charge on any atom is 0.190 e. The van der Waals surface area contributed by atoms with Crippen LogP contribution in [0.2, 0.25) is 0 Å². The number of hydrogen-bond acceptors (Lipinski definition) is 3. The molecule has 0 saturated carbocycles. The highest BCUT2D eigenvalue weighted by Gasteiger charge is 2.32. The van der Waals surface area contributed by atoms with Gasteiger partial charge in [0, 0.05) is 19.2 Å². The van der Waals surface area contributed by atoms with Crippen molar-refractivity contribution in [2.75, 3.05) is 6.54 Å². The van der Waals surface area contributed by atoms with Gasteiger partial charge in [0.05, 0.1) is 17.4 Å². The molecule has 2 heterocycles. The number of hydrazone groups is 1. The molecule has 0 radical (unpaired) electrons. The third kappa shape index (κ3) is 3.06. The van der Waals surface area contributed by atoms with Crippen molar-refractivity contribution in [2.24, 2.45) is 5.10 Å². The van der Waals surface area contributed by atoms with Crippen molar-refractivity contribution < 1.29 is 0 Å². The Kier molecular flexibility index (Phi) is 4.63. The van der Waals surface area contributed by atoms with Gasteiger partial charge >= 0.3 is 0 Å². The summed E-state index contributed by atoms with van der Waals surface area (Å²) < 4.78 is 0. The number of fused-ring (bicyclic) bond motifs is 1. The molecule has 1 aliphatic rings. The summed E-state index contributed by atoms with van der Waals surface area (Å²) in [6.45, 7) is 2.81. The van der Waals surface area contributed by atoms with E-state index < -0.39 is 0 Å². The Morgan fingerprint density at radius 1 is 1.12 bits per heavy atom. The number of thiocarbonyl (C=S) groups is 1. The Bertz CT molecular complexity index is 963. The zero-order valence-electron chi connectivity index (χ0n) is 14.6. The summed E-state index contributed by atoms with van der Waals surface area (Å²) in [5.41, 5.74) is 3.10. The lowest BCUT2D eigenvalue weighted by molar-refractivity contribution is 0.367. The van der Waals surface area contributed by atoms with Crippen LogP contribution < -0.4 is 5.32 Å². The van der Waals surface area contributed by atoms with Crippen molar-refractivity contribution in [3.05, 3.63) is 78.1 Å². The molecule has 5 heteroatoms. The molecule has 0 amide bonds. The van der Waals surface area contributed by atoms with Gasteiger partial charge in [-0.1, -0.05) is 48.5 Å². The van der Waals surface area contributed by atoms with Gasteiger partial charge in [0.2, 0.25) is 0 Å². The Balaban J connectivity index is 1.78. The highest BCUT2D eigenvalue weighted by atomic mass is 32.1. The Morgan fingerprint density at radius 3 is 2.73 bits per heavy atom. The van der Waals surface area contributed by atoms with E-state index in [1.54, 1.807) is 6.20 Å². The van der Waals surface area contributed by atoms with Crippen LogP contribution in [0.1, 0.15) is 30.6 Å². The highest BCUT2D eigenvalue weighted by Crippen LogP contribution is 2.36. The molecule has 1 aromatic heterocycles. The van der Waals surface area contributed by atoms with Gasteiger partial charge < -0.3 is 5.32 Å². The van der Waals surface area contributed by atoms with Gasteiger partial charge in [0.25, 0.3) is 0 Å². The quantitative estimate of drug-likeness (QED) is 0.708. The van der Waals surface area contributed by atoms with E-state index in [2.05, 4.69) is 52.8 Å². The molecule has 26 heavy (non-hydrogen) atoms. The van der Waals surface area contributed by atoms with Gasteiger partial charge in [0.15, 0.2) is 5.11 Å². The van der Waals surface area contributed by atoms with E-state index in [1.165, 1.54) is 16.3 Å². The Morgan fingerprint density at radius 2 is 1.92 bits per heavy atom.